The van der Waals surface area contributed by atoms with Crippen LogP contribution in [0.2, 0.25) is 0 Å². The van der Waals surface area contributed by atoms with E-state index >= 15 is 0 Å². The van der Waals surface area contributed by atoms with Gasteiger partial charge in [0.2, 0.25) is 0 Å². The Labute approximate surface area is 202 Å². The van der Waals surface area contributed by atoms with E-state index in [1.165, 1.54) is 33.4 Å². The molecule has 0 saturated carbocycles. The van der Waals surface area contributed by atoms with Gasteiger partial charge in [0.05, 0.1) is 16.6 Å². The molecule has 3 heteroatoms. The lowest BCUT2D eigenvalue weighted by molar-refractivity contribution is 0.00578. The Morgan fingerprint density at radius 1 is 0.500 bits per heavy atom. The fourth-order valence-electron chi connectivity index (χ4n) is 5.58. The average Bonchev–Trinajstić information content (AvgIpc) is 3.27. The van der Waals surface area contributed by atoms with Crippen LogP contribution in [0.1, 0.15) is 49.9 Å². The molecule has 4 aromatic rings. The number of hydrogen-bond acceptors (Lipinski definition) is 2. The molecule has 1 fully saturated rings. The number of rotatable bonds is 3. The molecule has 1 aliphatic heterocycles. The molecule has 0 bridgehead atoms. The summed E-state index contributed by atoms with van der Waals surface area (Å²) in [4.78, 5) is 0. The van der Waals surface area contributed by atoms with Gasteiger partial charge in [-0.15, -0.1) is 0 Å². The molecule has 1 aliphatic carbocycles. The van der Waals surface area contributed by atoms with Crippen molar-refractivity contribution < 1.29 is 9.31 Å². The summed E-state index contributed by atoms with van der Waals surface area (Å²) >= 11 is 0. The van der Waals surface area contributed by atoms with Crippen molar-refractivity contribution in [2.75, 3.05) is 0 Å². The third-order valence-electron chi connectivity index (χ3n) is 8.03. The van der Waals surface area contributed by atoms with E-state index in [-0.39, 0.29) is 23.7 Å². The summed E-state index contributed by atoms with van der Waals surface area (Å²) in [5, 5.41) is 0. The van der Waals surface area contributed by atoms with Crippen LogP contribution in [-0.4, -0.2) is 18.3 Å². The maximum Gasteiger partial charge on any atom is 0.494 e. The first-order valence-electron chi connectivity index (χ1n) is 12.1. The van der Waals surface area contributed by atoms with Gasteiger partial charge in [0, 0.05) is 0 Å². The Bertz CT molecular complexity index is 1290. The first-order valence-corrected chi connectivity index (χ1v) is 12.1. The zero-order valence-electron chi connectivity index (χ0n) is 20.2. The molecule has 1 saturated heterocycles. The quantitative estimate of drug-likeness (QED) is 0.302. The minimum Gasteiger partial charge on any atom is -0.399 e. The van der Waals surface area contributed by atoms with Gasteiger partial charge in [-0.05, 0) is 66.5 Å². The summed E-state index contributed by atoms with van der Waals surface area (Å²) in [6.07, 6.45) is 0. The van der Waals surface area contributed by atoms with Crippen LogP contribution >= 0.6 is 0 Å². The van der Waals surface area contributed by atoms with Gasteiger partial charge in [-0.25, -0.2) is 0 Å². The van der Waals surface area contributed by atoms with E-state index in [9.17, 15) is 0 Å². The zero-order valence-corrected chi connectivity index (χ0v) is 20.2. The first kappa shape index (κ1) is 21.4. The molecule has 2 nitrogen and oxygen atoms in total. The third-order valence-corrected chi connectivity index (χ3v) is 8.03. The highest BCUT2D eigenvalue weighted by Gasteiger charge is 2.52. The van der Waals surface area contributed by atoms with E-state index in [0.717, 1.165) is 5.46 Å². The number of fused-ring (bicyclic) bond motifs is 3. The second kappa shape index (κ2) is 7.43. The smallest absolute Gasteiger partial charge is 0.399 e. The van der Waals surface area contributed by atoms with Crippen molar-refractivity contribution in [3.05, 3.63) is 125 Å². The molecule has 6 rings (SSSR count). The van der Waals surface area contributed by atoms with Gasteiger partial charge in [0.1, 0.15) is 0 Å². The molecule has 0 radical (unpaired) electrons. The molecule has 168 valence electrons. The van der Waals surface area contributed by atoms with E-state index in [4.69, 9.17) is 9.31 Å². The summed E-state index contributed by atoms with van der Waals surface area (Å²) in [6, 6.07) is 37.4. The fourth-order valence-corrected chi connectivity index (χ4v) is 5.58. The van der Waals surface area contributed by atoms with Gasteiger partial charge < -0.3 is 9.31 Å². The van der Waals surface area contributed by atoms with Gasteiger partial charge in [-0.3, -0.25) is 0 Å². The van der Waals surface area contributed by atoms with E-state index in [0.29, 0.717) is 0 Å². The summed E-state index contributed by atoms with van der Waals surface area (Å²) in [5.74, 6) is 0. The van der Waals surface area contributed by atoms with E-state index in [1.807, 2.05) is 0 Å². The third kappa shape index (κ3) is 2.90. The van der Waals surface area contributed by atoms with Crippen LogP contribution in [0.4, 0.5) is 0 Å². The summed E-state index contributed by atoms with van der Waals surface area (Å²) in [7, 11) is -0.366. The van der Waals surface area contributed by atoms with Crippen molar-refractivity contribution in [3.63, 3.8) is 0 Å². The standard InChI is InChI=1S/C31H29BO2/c1-29(2)30(3,4)34-32(33-29)24-20-18-23(19-21-24)31(22-12-6-5-7-13-22)27-16-10-8-14-25(27)26-15-9-11-17-28(26)31/h5-21H,1-4H3. The second-order valence-electron chi connectivity index (χ2n) is 10.4. The van der Waals surface area contributed by atoms with Crippen LogP contribution < -0.4 is 5.46 Å². The average molecular weight is 444 g/mol. The summed E-state index contributed by atoms with van der Waals surface area (Å²) < 4.78 is 12.6. The van der Waals surface area contributed by atoms with Gasteiger partial charge in [0.25, 0.3) is 0 Å². The molecular weight excluding hydrogens is 415 g/mol. The molecule has 0 aromatic heterocycles. The molecule has 0 unspecified atom stereocenters. The molecule has 4 aromatic carbocycles. The fraction of sp³-hybridized carbons (Fsp3) is 0.226. The van der Waals surface area contributed by atoms with Gasteiger partial charge in [-0.2, -0.15) is 0 Å². The molecule has 1 heterocycles. The van der Waals surface area contributed by atoms with Crippen LogP contribution in [0.3, 0.4) is 0 Å². The highest BCUT2D eigenvalue weighted by Crippen LogP contribution is 2.55. The molecule has 2 aliphatic rings. The highest BCUT2D eigenvalue weighted by molar-refractivity contribution is 6.62. The van der Waals surface area contributed by atoms with Crippen LogP contribution in [0.5, 0.6) is 0 Å². The number of hydrogen-bond donors (Lipinski definition) is 0. The Morgan fingerprint density at radius 3 is 1.47 bits per heavy atom. The lowest BCUT2D eigenvalue weighted by Gasteiger charge is -2.34. The van der Waals surface area contributed by atoms with Crippen molar-refractivity contribution in [3.8, 4) is 11.1 Å². The molecule has 0 amide bonds. The van der Waals surface area contributed by atoms with Crippen LogP contribution in [0, 0.1) is 0 Å². The topological polar surface area (TPSA) is 18.5 Å². The zero-order chi connectivity index (χ0) is 23.6. The molecule has 34 heavy (non-hydrogen) atoms. The van der Waals surface area contributed by atoms with E-state index in [1.54, 1.807) is 0 Å². The minimum atomic E-state index is -0.372. The first-order chi connectivity index (χ1) is 16.3. The summed E-state index contributed by atoms with van der Waals surface area (Å²) in [6.45, 7) is 8.38. The van der Waals surface area contributed by atoms with Crippen molar-refractivity contribution in [2.45, 2.75) is 44.3 Å². The molecular formula is C31H29BO2. The Morgan fingerprint density at radius 2 is 0.941 bits per heavy atom. The predicted octanol–water partition coefficient (Wildman–Crippen LogP) is 6.35. The van der Waals surface area contributed by atoms with Crippen molar-refractivity contribution in [1.82, 2.24) is 0 Å². The normalized spacial score (nSPS) is 19.0. The Balaban J connectivity index is 1.54. The summed E-state index contributed by atoms with van der Waals surface area (Å²) in [5.41, 5.74) is 7.74. The van der Waals surface area contributed by atoms with E-state index in [2.05, 4.69) is 131 Å². The molecule has 0 atom stereocenters. The Hall–Kier alpha value is -3.14. The Kier molecular flexibility index (Phi) is 4.68. The van der Waals surface area contributed by atoms with Crippen molar-refractivity contribution in [2.24, 2.45) is 0 Å². The highest BCUT2D eigenvalue weighted by atomic mass is 16.7. The minimum absolute atomic E-state index is 0.356. The van der Waals surface area contributed by atoms with Gasteiger partial charge in [0.15, 0.2) is 0 Å². The second-order valence-corrected chi connectivity index (χ2v) is 10.4. The SMILES string of the molecule is CC1(C)OB(c2ccc(C3(c4ccccc4)c4ccccc4-c4ccccc43)cc2)OC1(C)C. The van der Waals surface area contributed by atoms with Gasteiger partial charge in [-0.1, -0.05) is 103 Å². The molecule has 0 spiro atoms. The van der Waals surface area contributed by atoms with Crippen molar-refractivity contribution >= 4 is 12.6 Å². The maximum absolute atomic E-state index is 6.32. The largest absolute Gasteiger partial charge is 0.494 e. The molecule has 0 N–H and O–H groups in total. The monoisotopic (exact) mass is 444 g/mol. The lowest BCUT2D eigenvalue weighted by atomic mass is 9.67. The maximum atomic E-state index is 6.32. The lowest BCUT2D eigenvalue weighted by Crippen LogP contribution is -2.41. The van der Waals surface area contributed by atoms with Crippen LogP contribution in [-0.2, 0) is 14.7 Å². The van der Waals surface area contributed by atoms with Crippen LogP contribution in [0.25, 0.3) is 11.1 Å². The van der Waals surface area contributed by atoms with E-state index < -0.39 is 0 Å². The van der Waals surface area contributed by atoms with Crippen molar-refractivity contribution in [1.29, 1.82) is 0 Å². The van der Waals surface area contributed by atoms with Gasteiger partial charge >= 0.3 is 7.12 Å². The predicted molar refractivity (Wildman–Crippen MR) is 139 cm³/mol. The number of benzene rings is 4. The van der Waals surface area contributed by atoms with Crippen LogP contribution in [0.15, 0.2) is 103 Å².